The summed E-state index contributed by atoms with van der Waals surface area (Å²) in [4.78, 5) is 23.7. The van der Waals surface area contributed by atoms with Crippen LogP contribution in [0.15, 0.2) is 0 Å². The van der Waals surface area contributed by atoms with Gasteiger partial charge in [-0.05, 0) is 26.7 Å². The van der Waals surface area contributed by atoms with Crippen molar-refractivity contribution < 1.29 is 14.7 Å². The summed E-state index contributed by atoms with van der Waals surface area (Å²) < 4.78 is 0. The van der Waals surface area contributed by atoms with E-state index in [9.17, 15) is 9.59 Å². The summed E-state index contributed by atoms with van der Waals surface area (Å²) in [7, 11) is 1.73. The smallest absolute Gasteiger partial charge is 0.317 e. The van der Waals surface area contributed by atoms with Crippen molar-refractivity contribution in [3.63, 3.8) is 0 Å². The molecule has 0 atom stereocenters. The molecule has 94 valence electrons. The molecule has 16 heavy (non-hydrogen) atoms. The molecule has 0 aromatic heterocycles. The van der Waals surface area contributed by atoms with Gasteiger partial charge in [0.05, 0.1) is 0 Å². The third kappa shape index (κ3) is 6.27. The van der Waals surface area contributed by atoms with Crippen molar-refractivity contribution in [2.75, 3.05) is 13.6 Å². The lowest BCUT2D eigenvalue weighted by atomic mass is 9.99. The molecule has 0 aliphatic carbocycles. The third-order valence-electron chi connectivity index (χ3n) is 2.31. The van der Waals surface area contributed by atoms with Crippen molar-refractivity contribution in [2.45, 2.75) is 45.6 Å². The van der Waals surface area contributed by atoms with Gasteiger partial charge in [-0.2, -0.15) is 0 Å². The molecule has 0 unspecified atom stereocenters. The maximum atomic E-state index is 11.7. The molecule has 5 nitrogen and oxygen atoms in total. The first-order valence-electron chi connectivity index (χ1n) is 5.53. The lowest BCUT2D eigenvalue weighted by molar-refractivity contribution is -0.137. The molecule has 0 heterocycles. The molecular weight excluding hydrogens is 208 g/mol. The Morgan fingerprint density at radius 1 is 1.38 bits per heavy atom. The number of carboxylic acids is 1. The third-order valence-corrected chi connectivity index (χ3v) is 2.31. The molecule has 2 amide bonds. The Hall–Kier alpha value is -1.26. The SMILES string of the molecule is CCCN(C)C(=O)NC(C)(C)CCC(=O)O. The number of carbonyl (C=O) groups excluding carboxylic acids is 1. The summed E-state index contributed by atoms with van der Waals surface area (Å²) in [6.45, 7) is 6.35. The highest BCUT2D eigenvalue weighted by Gasteiger charge is 2.22. The number of carbonyl (C=O) groups is 2. The van der Waals surface area contributed by atoms with E-state index in [0.717, 1.165) is 6.42 Å². The van der Waals surface area contributed by atoms with Gasteiger partial charge in [0.15, 0.2) is 0 Å². The number of amides is 2. The van der Waals surface area contributed by atoms with Crippen molar-refractivity contribution in [3.05, 3.63) is 0 Å². The van der Waals surface area contributed by atoms with E-state index in [2.05, 4.69) is 5.32 Å². The second-order valence-corrected chi connectivity index (χ2v) is 4.63. The minimum absolute atomic E-state index is 0.0603. The largest absolute Gasteiger partial charge is 0.481 e. The lowest BCUT2D eigenvalue weighted by Gasteiger charge is -2.28. The van der Waals surface area contributed by atoms with E-state index in [0.29, 0.717) is 13.0 Å². The summed E-state index contributed by atoms with van der Waals surface area (Å²) in [5, 5.41) is 11.4. The maximum absolute atomic E-state index is 11.7. The van der Waals surface area contributed by atoms with Crippen molar-refractivity contribution in [3.8, 4) is 0 Å². The Morgan fingerprint density at radius 3 is 2.38 bits per heavy atom. The normalized spacial score (nSPS) is 11.0. The first-order valence-corrected chi connectivity index (χ1v) is 5.53. The zero-order chi connectivity index (χ0) is 12.8. The quantitative estimate of drug-likeness (QED) is 0.729. The van der Waals surface area contributed by atoms with Gasteiger partial charge in [-0.1, -0.05) is 6.92 Å². The van der Waals surface area contributed by atoms with Crippen LogP contribution in [0.25, 0.3) is 0 Å². The molecule has 0 rings (SSSR count). The summed E-state index contributed by atoms with van der Waals surface area (Å²) >= 11 is 0. The first-order chi connectivity index (χ1) is 7.28. The van der Waals surface area contributed by atoms with Crippen molar-refractivity contribution >= 4 is 12.0 Å². The maximum Gasteiger partial charge on any atom is 0.317 e. The molecule has 0 aromatic rings. The van der Waals surface area contributed by atoms with E-state index >= 15 is 0 Å². The summed E-state index contributed by atoms with van der Waals surface area (Å²) in [6, 6.07) is -0.155. The van der Waals surface area contributed by atoms with E-state index in [1.54, 1.807) is 11.9 Å². The van der Waals surface area contributed by atoms with Gasteiger partial charge in [0.2, 0.25) is 0 Å². The molecule has 0 aliphatic rings. The van der Waals surface area contributed by atoms with Gasteiger partial charge in [0.1, 0.15) is 0 Å². The van der Waals surface area contributed by atoms with Gasteiger partial charge in [0, 0.05) is 25.6 Å². The number of rotatable bonds is 6. The molecular formula is C11H22N2O3. The number of aliphatic carboxylic acids is 1. The molecule has 0 saturated carbocycles. The zero-order valence-corrected chi connectivity index (χ0v) is 10.5. The van der Waals surface area contributed by atoms with Crippen LogP contribution in [-0.4, -0.2) is 41.1 Å². The van der Waals surface area contributed by atoms with Gasteiger partial charge in [-0.25, -0.2) is 4.79 Å². The second-order valence-electron chi connectivity index (χ2n) is 4.63. The number of nitrogens with zero attached hydrogens (tertiary/aromatic N) is 1. The topological polar surface area (TPSA) is 69.6 Å². The predicted octanol–water partition coefficient (Wildman–Crippen LogP) is 1.68. The van der Waals surface area contributed by atoms with Gasteiger partial charge >= 0.3 is 12.0 Å². The molecule has 0 saturated heterocycles. The highest BCUT2D eigenvalue weighted by Crippen LogP contribution is 2.11. The van der Waals surface area contributed by atoms with Crippen LogP contribution in [-0.2, 0) is 4.79 Å². The number of nitrogens with one attached hydrogen (secondary N) is 1. The van der Waals surface area contributed by atoms with Crippen molar-refractivity contribution in [1.29, 1.82) is 0 Å². The average Bonchev–Trinajstić information content (AvgIpc) is 2.14. The highest BCUT2D eigenvalue weighted by atomic mass is 16.4. The summed E-state index contributed by atoms with van der Waals surface area (Å²) in [5.74, 6) is -0.843. The van der Waals surface area contributed by atoms with E-state index < -0.39 is 11.5 Å². The zero-order valence-electron chi connectivity index (χ0n) is 10.5. The average molecular weight is 230 g/mol. The summed E-state index contributed by atoms with van der Waals surface area (Å²) in [6.07, 6.45) is 1.39. The van der Waals surface area contributed by atoms with E-state index in [1.165, 1.54) is 0 Å². The Labute approximate surface area is 96.8 Å². The highest BCUT2D eigenvalue weighted by molar-refractivity contribution is 5.74. The molecule has 2 N–H and O–H groups in total. The number of carboxylic acid groups (broad SMARTS) is 1. The molecule has 0 spiro atoms. The number of hydrogen-bond acceptors (Lipinski definition) is 2. The fourth-order valence-electron chi connectivity index (χ4n) is 1.30. The molecule has 5 heteroatoms. The van der Waals surface area contributed by atoms with Crippen LogP contribution in [0.3, 0.4) is 0 Å². The molecule has 0 fully saturated rings. The predicted molar refractivity (Wildman–Crippen MR) is 62.4 cm³/mol. The fourth-order valence-corrected chi connectivity index (χ4v) is 1.30. The second kappa shape index (κ2) is 6.35. The molecule has 0 bridgehead atoms. The Kier molecular flexibility index (Phi) is 5.85. The van der Waals surface area contributed by atoms with Crippen molar-refractivity contribution in [2.24, 2.45) is 0 Å². The van der Waals surface area contributed by atoms with Crippen LogP contribution in [0, 0.1) is 0 Å². The van der Waals surface area contributed by atoms with Crippen LogP contribution >= 0.6 is 0 Å². The molecule has 0 radical (unpaired) electrons. The number of hydrogen-bond donors (Lipinski definition) is 2. The van der Waals surface area contributed by atoms with Crippen LogP contribution in [0.5, 0.6) is 0 Å². The van der Waals surface area contributed by atoms with Crippen molar-refractivity contribution in [1.82, 2.24) is 10.2 Å². The van der Waals surface area contributed by atoms with Crippen LogP contribution in [0.4, 0.5) is 4.79 Å². The van der Waals surface area contributed by atoms with E-state index in [4.69, 9.17) is 5.11 Å². The molecule has 0 aromatic carbocycles. The van der Waals surface area contributed by atoms with Gasteiger partial charge in [-0.15, -0.1) is 0 Å². The fraction of sp³-hybridized carbons (Fsp3) is 0.818. The minimum atomic E-state index is -0.843. The minimum Gasteiger partial charge on any atom is -0.481 e. The lowest BCUT2D eigenvalue weighted by Crippen LogP contribution is -2.49. The Morgan fingerprint density at radius 2 is 1.94 bits per heavy atom. The van der Waals surface area contributed by atoms with Crippen LogP contribution in [0.1, 0.15) is 40.0 Å². The standard InChI is InChI=1S/C11H22N2O3/c1-5-8-13(4)10(16)12-11(2,3)7-6-9(14)15/h5-8H2,1-4H3,(H,12,16)(H,14,15). The van der Waals surface area contributed by atoms with Gasteiger partial charge in [-0.3, -0.25) is 4.79 Å². The van der Waals surface area contributed by atoms with Crippen LogP contribution in [0.2, 0.25) is 0 Å². The summed E-state index contributed by atoms with van der Waals surface area (Å²) in [5.41, 5.74) is -0.489. The van der Waals surface area contributed by atoms with E-state index in [1.807, 2.05) is 20.8 Å². The Bertz CT molecular complexity index is 252. The first kappa shape index (κ1) is 14.7. The number of urea groups is 1. The van der Waals surface area contributed by atoms with Crippen LogP contribution < -0.4 is 5.32 Å². The van der Waals surface area contributed by atoms with Gasteiger partial charge in [0.25, 0.3) is 0 Å². The van der Waals surface area contributed by atoms with E-state index in [-0.39, 0.29) is 12.5 Å². The monoisotopic (exact) mass is 230 g/mol. The van der Waals surface area contributed by atoms with Gasteiger partial charge < -0.3 is 15.3 Å². The molecule has 0 aliphatic heterocycles. The Balaban J connectivity index is 4.13.